The van der Waals surface area contributed by atoms with Crippen molar-refractivity contribution in [3.8, 4) is 0 Å². The second-order valence-electron chi connectivity index (χ2n) is 7.72. The maximum atomic E-state index is 12.9. The Kier molecular flexibility index (Phi) is 5.43. The molecule has 2 aromatic rings. The number of piperazine rings is 1. The number of amides is 1. The summed E-state index contributed by atoms with van der Waals surface area (Å²) >= 11 is 0. The van der Waals surface area contributed by atoms with Crippen molar-refractivity contribution < 1.29 is 21.6 Å². The van der Waals surface area contributed by atoms with Crippen LogP contribution in [0.2, 0.25) is 0 Å². The minimum absolute atomic E-state index is 0.0264. The Balaban J connectivity index is 1.53. The fraction of sp³-hybridized carbons (Fsp3) is 0.350. The molecule has 160 valence electrons. The highest BCUT2D eigenvalue weighted by molar-refractivity contribution is 7.91. The predicted molar refractivity (Wildman–Crippen MR) is 113 cm³/mol. The average Bonchev–Trinajstić information content (AvgIpc) is 3.01. The predicted octanol–water partition coefficient (Wildman–Crippen LogP) is 0.391. The molecule has 2 saturated heterocycles. The number of carbonyl (C=O) groups is 1. The van der Waals surface area contributed by atoms with Gasteiger partial charge in [-0.15, -0.1) is 0 Å². The van der Waals surface area contributed by atoms with E-state index in [1.807, 2.05) is 35.2 Å². The molecule has 2 aliphatic heterocycles. The number of sulfone groups is 1. The smallest absolute Gasteiger partial charge is 0.241 e. The largest absolute Gasteiger partial charge is 0.306 e. The molecule has 2 atom stereocenters. The van der Waals surface area contributed by atoms with E-state index in [1.54, 1.807) is 17.0 Å². The molecule has 4 rings (SSSR count). The number of hydrogen-bond acceptors (Lipinski definition) is 6. The van der Waals surface area contributed by atoms with Crippen LogP contribution in [0.25, 0.3) is 0 Å². The van der Waals surface area contributed by atoms with Crippen LogP contribution in [0.1, 0.15) is 5.56 Å². The summed E-state index contributed by atoms with van der Waals surface area (Å²) in [6, 6.07) is 14.8. The van der Waals surface area contributed by atoms with Gasteiger partial charge in [0.1, 0.15) is 0 Å². The van der Waals surface area contributed by atoms with Gasteiger partial charge in [0.25, 0.3) is 0 Å². The summed E-state index contributed by atoms with van der Waals surface area (Å²) in [5, 5.41) is 5.12. The zero-order chi connectivity index (χ0) is 21.5. The third kappa shape index (κ3) is 4.27. The van der Waals surface area contributed by atoms with Gasteiger partial charge in [0, 0.05) is 18.3 Å². The van der Waals surface area contributed by atoms with Crippen molar-refractivity contribution in [1.29, 1.82) is 0 Å². The fourth-order valence-corrected chi connectivity index (χ4v) is 6.74. The van der Waals surface area contributed by atoms with E-state index in [4.69, 9.17) is 5.14 Å². The van der Waals surface area contributed by atoms with Crippen molar-refractivity contribution in [3.63, 3.8) is 0 Å². The van der Waals surface area contributed by atoms with E-state index in [2.05, 4.69) is 0 Å². The first-order valence-electron chi connectivity index (χ1n) is 9.57. The molecular formula is C20H23N3O5S2. The topological polar surface area (TPSA) is 118 Å². The minimum atomic E-state index is -3.75. The molecule has 2 heterocycles. The van der Waals surface area contributed by atoms with E-state index < -0.39 is 25.9 Å². The number of primary sulfonamides is 1. The molecule has 2 fully saturated rings. The highest BCUT2D eigenvalue weighted by Crippen LogP contribution is 2.31. The van der Waals surface area contributed by atoms with Crippen LogP contribution in [-0.4, -0.2) is 64.3 Å². The van der Waals surface area contributed by atoms with Crippen molar-refractivity contribution >= 4 is 31.5 Å². The van der Waals surface area contributed by atoms with Gasteiger partial charge < -0.3 is 4.90 Å². The van der Waals surface area contributed by atoms with Crippen LogP contribution in [0.15, 0.2) is 59.5 Å². The minimum Gasteiger partial charge on any atom is -0.306 e. The summed E-state index contributed by atoms with van der Waals surface area (Å²) in [6.07, 6.45) is 0.562. The van der Waals surface area contributed by atoms with Crippen molar-refractivity contribution in [2.24, 2.45) is 5.14 Å². The van der Waals surface area contributed by atoms with E-state index in [1.165, 1.54) is 12.1 Å². The first-order chi connectivity index (χ1) is 14.1. The summed E-state index contributed by atoms with van der Waals surface area (Å²) in [5.41, 5.74) is 1.60. The quantitative estimate of drug-likeness (QED) is 0.706. The number of sulfonamides is 1. The maximum Gasteiger partial charge on any atom is 0.241 e. The van der Waals surface area contributed by atoms with Gasteiger partial charge in [-0.05, 0) is 36.2 Å². The lowest BCUT2D eigenvalue weighted by Gasteiger charge is -2.43. The lowest BCUT2D eigenvalue weighted by Crippen LogP contribution is -2.62. The Labute approximate surface area is 176 Å². The zero-order valence-corrected chi connectivity index (χ0v) is 17.8. The number of nitrogens with zero attached hydrogens (tertiary/aromatic N) is 2. The van der Waals surface area contributed by atoms with Gasteiger partial charge in [-0.3, -0.25) is 9.69 Å². The Morgan fingerprint density at radius 1 is 0.967 bits per heavy atom. The molecule has 10 heteroatoms. The molecule has 1 amide bonds. The number of nitrogens with two attached hydrogens (primary N) is 1. The lowest BCUT2D eigenvalue weighted by atomic mass is 10.0. The second kappa shape index (κ2) is 7.77. The Hall–Kier alpha value is -2.27. The van der Waals surface area contributed by atoms with Gasteiger partial charge >= 0.3 is 0 Å². The van der Waals surface area contributed by atoms with Crippen molar-refractivity contribution in [2.45, 2.75) is 23.4 Å². The zero-order valence-electron chi connectivity index (χ0n) is 16.2. The lowest BCUT2D eigenvalue weighted by molar-refractivity contribution is -0.123. The van der Waals surface area contributed by atoms with Crippen molar-refractivity contribution in [3.05, 3.63) is 60.2 Å². The number of benzene rings is 2. The average molecular weight is 450 g/mol. The van der Waals surface area contributed by atoms with Crippen LogP contribution >= 0.6 is 0 Å². The van der Waals surface area contributed by atoms with Crippen LogP contribution in [0.4, 0.5) is 5.69 Å². The number of para-hydroxylation sites is 1. The van der Waals surface area contributed by atoms with Crippen LogP contribution in [-0.2, 0) is 31.1 Å². The molecule has 2 aromatic carbocycles. The maximum absolute atomic E-state index is 12.9. The summed E-state index contributed by atoms with van der Waals surface area (Å²) in [6.45, 7) is 0.640. The number of hydrogen-bond donors (Lipinski definition) is 1. The third-order valence-corrected chi connectivity index (χ3v) is 8.30. The Morgan fingerprint density at radius 2 is 1.60 bits per heavy atom. The van der Waals surface area contributed by atoms with Gasteiger partial charge in [-0.2, -0.15) is 0 Å². The Bertz CT molecular complexity index is 1150. The third-order valence-electron chi connectivity index (χ3n) is 5.68. The van der Waals surface area contributed by atoms with Gasteiger partial charge in [0.15, 0.2) is 9.84 Å². The van der Waals surface area contributed by atoms with E-state index in [0.717, 1.165) is 5.56 Å². The normalized spacial score (nSPS) is 24.0. The van der Waals surface area contributed by atoms with E-state index in [9.17, 15) is 21.6 Å². The molecule has 0 spiro atoms. The number of fused-ring (bicyclic) bond motifs is 1. The summed E-state index contributed by atoms with van der Waals surface area (Å²) < 4.78 is 47.6. The number of rotatable bonds is 5. The second-order valence-corrected chi connectivity index (χ2v) is 11.4. The van der Waals surface area contributed by atoms with Crippen LogP contribution < -0.4 is 10.0 Å². The SMILES string of the molecule is NS(=O)(=O)c1ccc(CCN2CC(=O)N(c3ccccc3)C3CS(=O)(=O)CC32)cc1. The first-order valence-corrected chi connectivity index (χ1v) is 12.9. The van der Waals surface area contributed by atoms with Gasteiger partial charge in [-0.1, -0.05) is 30.3 Å². The van der Waals surface area contributed by atoms with Crippen molar-refractivity contribution in [2.75, 3.05) is 29.5 Å². The number of anilines is 1. The van der Waals surface area contributed by atoms with Crippen molar-refractivity contribution in [1.82, 2.24) is 4.90 Å². The number of carbonyl (C=O) groups excluding carboxylic acids is 1. The fourth-order valence-electron chi connectivity index (χ4n) is 4.25. The van der Waals surface area contributed by atoms with Crippen LogP contribution in [0.3, 0.4) is 0 Å². The van der Waals surface area contributed by atoms with Gasteiger partial charge in [-0.25, -0.2) is 22.0 Å². The monoisotopic (exact) mass is 449 g/mol. The first kappa shape index (κ1) is 21.0. The molecule has 0 aromatic heterocycles. The standard InChI is InChI=1S/C20H23N3O5S2/c21-30(27,28)17-8-6-15(7-9-17)10-11-22-12-20(24)23(16-4-2-1-3-5-16)19-14-29(25,26)13-18(19)22/h1-9,18-19H,10-14H2,(H2,21,27,28). The van der Waals surface area contributed by atoms with E-state index in [-0.39, 0.29) is 34.9 Å². The summed E-state index contributed by atoms with van der Waals surface area (Å²) in [4.78, 5) is 16.5. The molecule has 2 N–H and O–H groups in total. The molecular weight excluding hydrogens is 426 g/mol. The Morgan fingerprint density at radius 3 is 2.23 bits per heavy atom. The van der Waals surface area contributed by atoms with Gasteiger partial charge in [0.2, 0.25) is 15.9 Å². The molecule has 0 radical (unpaired) electrons. The van der Waals surface area contributed by atoms with E-state index >= 15 is 0 Å². The van der Waals surface area contributed by atoms with Crippen LogP contribution in [0, 0.1) is 0 Å². The molecule has 0 aliphatic carbocycles. The summed E-state index contributed by atoms with van der Waals surface area (Å²) in [7, 11) is -6.99. The highest BCUT2D eigenvalue weighted by atomic mass is 32.2. The molecule has 30 heavy (non-hydrogen) atoms. The molecule has 0 bridgehead atoms. The van der Waals surface area contributed by atoms with E-state index in [0.29, 0.717) is 18.7 Å². The molecule has 2 aliphatic rings. The summed E-state index contributed by atoms with van der Waals surface area (Å²) in [5.74, 6) is -0.139. The molecule has 8 nitrogen and oxygen atoms in total. The van der Waals surface area contributed by atoms with Crippen LogP contribution in [0.5, 0.6) is 0 Å². The highest BCUT2D eigenvalue weighted by Gasteiger charge is 2.49. The molecule has 0 saturated carbocycles. The molecule has 2 unspecified atom stereocenters. The van der Waals surface area contributed by atoms with Gasteiger partial charge in [0.05, 0.1) is 29.0 Å².